The Morgan fingerprint density at radius 2 is 1.96 bits per heavy atom. The average Bonchev–Trinajstić information content (AvgIpc) is 3.14. The van der Waals surface area contributed by atoms with Gasteiger partial charge in [-0.25, -0.2) is 0 Å². The third-order valence-electron chi connectivity index (χ3n) is 4.26. The summed E-state index contributed by atoms with van der Waals surface area (Å²) in [6.45, 7) is 1.80. The predicted octanol–water partition coefficient (Wildman–Crippen LogP) is 2.95. The summed E-state index contributed by atoms with van der Waals surface area (Å²) >= 11 is 0. The van der Waals surface area contributed by atoms with Crippen LogP contribution in [0.3, 0.4) is 0 Å². The van der Waals surface area contributed by atoms with E-state index in [2.05, 4.69) is 10.1 Å². The zero-order valence-electron chi connectivity index (χ0n) is 12.9. The van der Waals surface area contributed by atoms with Crippen molar-refractivity contribution in [3.8, 4) is 0 Å². The number of benzene rings is 1. The summed E-state index contributed by atoms with van der Waals surface area (Å²) < 4.78 is 0. The molecule has 1 aromatic rings. The molecule has 23 heavy (non-hydrogen) atoms. The fourth-order valence-electron chi connectivity index (χ4n) is 2.91. The Balaban J connectivity index is 1.75. The normalized spacial score (nSPS) is 22.1. The van der Waals surface area contributed by atoms with Crippen LogP contribution in [-0.2, 0) is 4.79 Å². The van der Waals surface area contributed by atoms with Crippen LogP contribution in [0.15, 0.2) is 34.4 Å². The van der Waals surface area contributed by atoms with Gasteiger partial charge in [-0.2, -0.15) is 10.1 Å². The molecule has 1 aliphatic heterocycles. The van der Waals surface area contributed by atoms with E-state index in [4.69, 9.17) is 0 Å². The molecule has 0 radical (unpaired) electrons. The second-order valence-electron chi connectivity index (χ2n) is 5.88. The van der Waals surface area contributed by atoms with Crippen molar-refractivity contribution in [3.63, 3.8) is 0 Å². The lowest BCUT2D eigenvalue weighted by Crippen LogP contribution is -2.28. The van der Waals surface area contributed by atoms with Crippen LogP contribution in [0.5, 0.6) is 0 Å². The Morgan fingerprint density at radius 1 is 1.30 bits per heavy atom. The highest BCUT2D eigenvalue weighted by atomic mass is 16.6. The predicted molar refractivity (Wildman–Crippen MR) is 87.9 cm³/mol. The van der Waals surface area contributed by atoms with Gasteiger partial charge in [0.2, 0.25) is 0 Å². The van der Waals surface area contributed by atoms with E-state index < -0.39 is 10.8 Å². The molecule has 7 heteroatoms. The summed E-state index contributed by atoms with van der Waals surface area (Å²) in [5, 5.41) is 16.3. The fourth-order valence-corrected chi connectivity index (χ4v) is 2.91. The summed E-state index contributed by atoms with van der Waals surface area (Å²) in [6.07, 6.45) is 6.27. The molecule has 3 rings (SSSR count). The van der Waals surface area contributed by atoms with Gasteiger partial charge >= 0.3 is 0 Å². The summed E-state index contributed by atoms with van der Waals surface area (Å²) in [5.74, 6) is -0.608. The molecular formula is C16H18N4O3. The minimum atomic E-state index is -0.471. The minimum Gasteiger partial charge on any atom is -0.293 e. The molecular weight excluding hydrogens is 296 g/mol. The van der Waals surface area contributed by atoms with Crippen LogP contribution in [0.2, 0.25) is 0 Å². The number of carbonyl (C=O) groups excluding carboxylic acids is 1. The van der Waals surface area contributed by atoms with E-state index in [0.29, 0.717) is 17.4 Å². The highest BCUT2D eigenvalue weighted by molar-refractivity contribution is 6.23. The van der Waals surface area contributed by atoms with Gasteiger partial charge in [0.05, 0.1) is 16.3 Å². The molecule has 1 saturated carbocycles. The molecule has 2 aliphatic rings. The van der Waals surface area contributed by atoms with Crippen molar-refractivity contribution < 1.29 is 9.72 Å². The monoisotopic (exact) mass is 314 g/mol. The maximum absolute atomic E-state index is 12.5. The average molecular weight is 314 g/mol. The molecule has 1 aliphatic carbocycles. The first-order valence-corrected chi connectivity index (χ1v) is 7.73. The molecule has 1 heterocycles. The van der Waals surface area contributed by atoms with Crippen molar-refractivity contribution in [3.05, 3.63) is 34.4 Å². The lowest BCUT2D eigenvalue weighted by Gasteiger charge is -2.12. The van der Waals surface area contributed by atoms with E-state index in [1.807, 2.05) is 0 Å². The van der Waals surface area contributed by atoms with E-state index in [9.17, 15) is 14.9 Å². The van der Waals surface area contributed by atoms with Crippen molar-refractivity contribution in [2.24, 2.45) is 16.0 Å². The first-order valence-electron chi connectivity index (χ1n) is 7.73. The molecule has 120 valence electrons. The third kappa shape index (κ3) is 3.13. The number of hydrazone groups is 1. The molecule has 0 N–H and O–H groups in total. The lowest BCUT2D eigenvalue weighted by molar-refractivity contribution is -0.384. The zero-order chi connectivity index (χ0) is 16.4. The van der Waals surface area contributed by atoms with Crippen molar-refractivity contribution in [2.45, 2.75) is 38.6 Å². The molecule has 1 amide bonds. The van der Waals surface area contributed by atoms with Crippen molar-refractivity contribution in [1.29, 1.82) is 0 Å². The summed E-state index contributed by atoms with van der Waals surface area (Å²) in [4.78, 5) is 27.3. The summed E-state index contributed by atoms with van der Waals surface area (Å²) in [7, 11) is 0. The Hall–Kier alpha value is -2.57. The van der Waals surface area contributed by atoms with Gasteiger partial charge in [-0.3, -0.25) is 19.9 Å². The molecule has 0 aromatic heterocycles. The fraction of sp³-hybridized carbons (Fsp3) is 0.438. The van der Waals surface area contributed by atoms with Crippen LogP contribution in [-0.4, -0.2) is 28.8 Å². The van der Waals surface area contributed by atoms with Crippen LogP contribution in [0, 0.1) is 16.0 Å². The molecule has 1 atom stereocenters. The number of anilines is 1. The van der Waals surface area contributed by atoms with Crippen LogP contribution < -0.4 is 5.01 Å². The third-order valence-corrected chi connectivity index (χ3v) is 4.26. The number of carbonyl (C=O) groups is 1. The Labute approximate surface area is 133 Å². The van der Waals surface area contributed by atoms with E-state index in [1.54, 1.807) is 13.1 Å². The van der Waals surface area contributed by atoms with Gasteiger partial charge in [0.1, 0.15) is 5.92 Å². The number of hydrogen-bond acceptors (Lipinski definition) is 5. The van der Waals surface area contributed by atoms with Gasteiger partial charge in [-0.05, 0) is 31.9 Å². The highest BCUT2D eigenvalue weighted by Gasteiger charge is 2.33. The molecule has 0 unspecified atom stereocenters. The summed E-state index contributed by atoms with van der Waals surface area (Å²) in [5.41, 5.74) is 1.20. The first-order chi connectivity index (χ1) is 11.1. The Morgan fingerprint density at radius 3 is 2.57 bits per heavy atom. The molecule has 1 fully saturated rings. The van der Waals surface area contributed by atoms with Crippen molar-refractivity contribution in [2.75, 3.05) is 5.01 Å². The lowest BCUT2D eigenvalue weighted by atomic mass is 10.1. The Bertz CT molecular complexity index is 675. The number of nitro benzene ring substituents is 1. The van der Waals surface area contributed by atoms with Crippen LogP contribution in [0.4, 0.5) is 11.4 Å². The smallest absolute Gasteiger partial charge is 0.269 e. The number of nitro groups is 1. The largest absolute Gasteiger partial charge is 0.293 e. The minimum absolute atomic E-state index is 0.0135. The van der Waals surface area contributed by atoms with Gasteiger partial charge < -0.3 is 0 Å². The Kier molecular flexibility index (Phi) is 4.18. The number of amides is 1. The molecule has 7 nitrogen and oxygen atoms in total. The van der Waals surface area contributed by atoms with Gasteiger partial charge in [0.15, 0.2) is 0 Å². The van der Waals surface area contributed by atoms with E-state index >= 15 is 0 Å². The zero-order valence-corrected chi connectivity index (χ0v) is 12.9. The van der Waals surface area contributed by atoms with Gasteiger partial charge in [-0.15, -0.1) is 0 Å². The highest BCUT2D eigenvalue weighted by Crippen LogP contribution is 2.26. The van der Waals surface area contributed by atoms with E-state index in [0.717, 1.165) is 12.8 Å². The maximum atomic E-state index is 12.5. The van der Waals surface area contributed by atoms with Crippen LogP contribution >= 0.6 is 0 Å². The first kappa shape index (κ1) is 15.3. The number of aliphatic imine (C=N–C) groups is 1. The maximum Gasteiger partial charge on any atom is 0.269 e. The van der Waals surface area contributed by atoms with Crippen LogP contribution in [0.25, 0.3) is 0 Å². The molecule has 0 spiro atoms. The van der Waals surface area contributed by atoms with Gasteiger partial charge in [0.25, 0.3) is 11.6 Å². The summed E-state index contributed by atoms with van der Waals surface area (Å²) in [6, 6.07) is 6.12. The van der Waals surface area contributed by atoms with Gasteiger partial charge in [0, 0.05) is 24.4 Å². The topological polar surface area (TPSA) is 88.2 Å². The quantitative estimate of drug-likeness (QED) is 0.486. The van der Waals surface area contributed by atoms with Gasteiger partial charge in [-0.1, -0.05) is 12.8 Å². The second kappa shape index (κ2) is 6.28. The number of hydrogen-bond donors (Lipinski definition) is 0. The van der Waals surface area contributed by atoms with E-state index in [1.165, 1.54) is 42.1 Å². The standard InChI is InChI=1S/C16H18N4O3/c1-11-15(10-17-12-4-2-3-5-12)16(21)19(18-11)13-6-8-14(9-7-13)20(22)23/h6-10,12,15H,2-5H2,1H3/t15-/m0/s1. The molecule has 1 aromatic carbocycles. The number of nitrogens with zero attached hydrogens (tertiary/aromatic N) is 4. The second-order valence-corrected chi connectivity index (χ2v) is 5.88. The molecule has 0 bridgehead atoms. The molecule has 0 saturated heterocycles. The SMILES string of the molecule is CC1=NN(c2ccc([N+](=O)[O-])cc2)C(=O)[C@H]1C=NC1CCCC1. The number of non-ortho nitro benzene ring substituents is 1. The van der Waals surface area contributed by atoms with Crippen molar-refractivity contribution in [1.82, 2.24) is 0 Å². The van der Waals surface area contributed by atoms with Crippen molar-refractivity contribution >= 4 is 29.2 Å². The van der Waals surface area contributed by atoms with Crippen LogP contribution in [0.1, 0.15) is 32.6 Å². The van der Waals surface area contributed by atoms with E-state index in [-0.39, 0.29) is 11.6 Å². The number of rotatable bonds is 4.